The number of fused-ring (bicyclic) bond motifs is 1. The van der Waals surface area contributed by atoms with Crippen LogP contribution in [0.1, 0.15) is 21.5 Å². The van der Waals surface area contributed by atoms with Gasteiger partial charge in [0, 0.05) is 37.4 Å². The van der Waals surface area contributed by atoms with Crippen LogP contribution in [-0.4, -0.2) is 43.8 Å². The maximum absolute atomic E-state index is 12.8. The van der Waals surface area contributed by atoms with Crippen LogP contribution >= 0.6 is 0 Å². The van der Waals surface area contributed by atoms with E-state index >= 15 is 0 Å². The number of nitrogens with zero attached hydrogens (tertiary/aromatic N) is 2. The number of amides is 1. The molecule has 0 N–H and O–H groups in total. The highest BCUT2D eigenvalue weighted by Gasteiger charge is 2.24. The average Bonchev–Trinajstić information content (AvgIpc) is 3.08. The second kappa shape index (κ2) is 6.31. The first kappa shape index (κ1) is 15.8. The van der Waals surface area contributed by atoms with Gasteiger partial charge in [-0.05, 0) is 55.3 Å². The van der Waals surface area contributed by atoms with Gasteiger partial charge >= 0.3 is 0 Å². The molecular formula is C20H22N2O3. The molecule has 2 aliphatic heterocycles. The van der Waals surface area contributed by atoms with Gasteiger partial charge in [-0.1, -0.05) is 6.07 Å². The Labute approximate surface area is 147 Å². The Morgan fingerprint density at radius 1 is 0.880 bits per heavy atom. The Morgan fingerprint density at radius 2 is 1.56 bits per heavy atom. The fourth-order valence-corrected chi connectivity index (χ4v) is 3.51. The van der Waals surface area contributed by atoms with Gasteiger partial charge in [0.1, 0.15) is 0 Å². The van der Waals surface area contributed by atoms with Crippen molar-refractivity contribution in [2.45, 2.75) is 13.8 Å². The molecule has 2 aromatic carbocycles. The molecule has 0 aromatic heterocycles. The van der Waals surface area contributed by atoms with Crippen LogP contribution in [0.15, 0.2) is 36.4 Å². The SMILES string of the molecule is Cc1cc(C)cc(N2CCN(C(=O)c3ccc4c(c3)OCO4)CC2)c1. The van der Waals surface area contributed by atoms with Gasteiger partial charge in [-0.2, -0.15) is 0 Å². The molecule has 2 heterocycles. The lowest BCUT2D eigenvalue weighted by molar-refractivity contribution is 0.0746. The Balaban J connectivity index is 1.44. The summed E-state index contributed by atoms with van der Waals surface area (Å²) in [7, 11) is 0. The molecule has 0 atom stereocenters. The predicted octanol–water partition coefficient (Wildman–Crippen LogP) is 2.99. The summed E-state index contributed by atoms with van der Waals surface area (Å²) in [6.45, 7) is 7.60. The molecule has 4 rings (SSSR count). The second-order valence-electron chi connectivity index (χ2n) is 6.69. The topological polar surface area (TPSA) is 42.0 Å². The Hall–Kier alpha value is -2.69. The van der Waals surface area contributed by atoms with E-state index in [1.54, 1.807) is 12.1 Å². The number of hydrogen-bond acceptors (Lipinski definition) is 4. The Kier molecular flexibility index (Phi) is 3.99. The summed E-state index contributed by atoms with van der Waals surface area (Å²) in [5.41, 5.74) is 4.44. The summed E-state index contributed by atoms with van der Waals surface area (Å²) in [5, 5.41) is 0. The first-order valence-electron chi connectivity index (χ1n) is 8.62. The number of aryl methyl sites for hydroxylation is 2. The zero-order valence-electron chi connectivity index (χ0n) is 14.6. The molecule has 2 aliphatic rings. The minimum absolute atomic E-state index is 0.0540. The Bertz CT molecular complexity index is 790. The lowest BCUT2D eigenvalue weighted by atomic mass is 10.1. The molecule has 25 heavy (non-hydrogen) atoms. The standard InChI is InChI=1S/C20H22N2O3/c1-14-9-15(2)11-17(10-14)21-5-7-22(8-6-21)20(23)16-3-4-18-19(12-16)25-13-24-18/h3-4,9-12H,5-8,13H2,1-2H3. The first-order valence-corrected chi connectivity index (χ1v) is 8.62. The number of anilines is 1. The highest BCUT2D eigenvalue weighted by Crippen LogP contribution is 2.33. The summed E-state index contributed by atoms with van der Waals surface area (Å²) in [6, 6.07) is 12.0. The first-order chi connectivity index (χ1) is 12.1. The van der Waals surface area contributed by atoms with Crippen molar-refractivity contribution in [3.63, 3.8) is 0 Å². The van der Waals surface area contributed by atoms with E-state index in [1.165, 1.54) is 16.8 Å². The quantitative estimate of drug-likeness (QED) is 0.844. The van der Waals surface area contributed by atoms with E-state index < -0.39 is 0 Å². The van der Waals surface area contributed by atoms with Gasteiger partial charge in [0.05, 0.1) is 0 Å². The van der Waals surface area contributed by atoms with Crippen molar-refractivity contribution in [3.8, 4) is 11.5 Å². The van der Waals surface area contributed by atoms with Crippen molar-refractivity contribution >= 4 is 11.6 Å². The van der Waals surface area contributed by atoms with E-state index in [9.17, 15) is 4.79 Å². The van der Waals surface area contributed by atoms with Crippen molar-refractivity contribution in [1.29, 1.82) is 0 Å². The van der Waals surface area contributed by atoms with E-state index in [0.29, 0.717) is 17.1 Å². The van der Waals surface area contributed by atoms with Gasteiger partial charge in [0.25, 0.3) is 5.91 Å². The molecule has 0 bridgehead atoms. The summed E-state index contributed by atoms with van der Waals surface area (Å²) < 4.78 is 10.7. The third kappa shape index (κ3) is 3.14. The van der Waals surface area contributed by atoms with Crippen LogP contribution in [0.4, 0.5) is 5.69 Å². The summed E-state index contributed by atoms with van der Waals surface area (Å²) >= 11 is 0. The number of piperazine rings is 1. The molecule has 130 valence electrons. The van der Waals surface area contributed by atoms with Crippen molar-refractivity contribution in [2.24, 2.45) is 0 Å². The van der Waals surface area contributed by atoms with Crippen LogP contribution < -0.4 is 14.4 Å². The van der Waals surface area contributed by atoms with Crippen molar-refractivity contribution in [2.75, 3.05) is 37.9 Å². The van der Waals surface area contributed by atoms with Gasteiger partial charge in [0.15, 0.2) is 11.5 Å². The van der Waals surface area contributed by atoms with Gasteiger partial charge in [-0.25, -0.2) is 0 Å². The predicted molar refractivity (Wildman–Crippen MR) is 96.6 cm³/mol. The molecule has 0 aliphatic carbocycles. The molecular weight excluding hydrogens is 316 g/mol. The molecule has 5 nitrogen and oxygen atoms in total. The van der Waals surface area contributed by atoms with Gasteiger partial charge in [0.2, 0.25) is 6.79 Å². The maximum atomic E-state index is 12.8. The number of benzene rings is 2. The third-order valence-electron chi connectivity index (χ3n) is 4.76. The molecule has 0 radical (unpaired) electrons. The van der Waals surface area contributed by atoms with Crippen LogP contribution in [0, 0.1) is 13.8 Å². The number of carbonyl (C=O) groups excluding carboxylic acids is 1. The van der Waals surface area contributed by atoms with Gasteiger partial charge in [-0.15, -0.1) is 0 Å². The fraction of sp³-hybridized carbons (Fsp3) is 0.350. The number of hydrogen-bond donors (Lipinski definition) is 0. The monoisotopic (exact) mass is 338 g/mol. The molecule has 0 unspecified atom stereocenters. The number of ether oxygens (including phenoxy) is 2. The largest absolute Gasteiger partial charge is 0.454 e. The lowest BCUT2D eigenvalue weighted by Gasteiger charge is -2.36. The van der Waals surface area contributed by atoms with E-state index in [4.69, 9.17) is 9.47 Å². The maximum Gasteiger partial charge on any atom is 0.254 e. The van der Waals surface area contributed by atoms with Crippen molar-refractivity contribution < 1.29 is 14.3 Å². The van der Waals surface area contributed by atoms with E-state index in [2.05, 4.69) is 36.9 Å². The zero-order chi connectivity index (χ0) is 17.4. The zero-order valence-corrected chi connectivity index (χ0v) is 14.6. The minimum atomic E-state index is 0.0540. The number of carbonyl (C=O) groups is 1. The Morgan fingerprint density at radius 3 is 2.28 bits per heavy atom. The summed E-state index contributed by atoms with van der Waals surface area (Å²) in [4.78, 5) is 17.0. The molecule has 2 aromatic rings. The van der Waals surface area contributed by atoms with E-state index in [1.807, 2.05) is 11.0 Å². The fourth-order valence-electron chi connectivity index (χ4n) is 3.51. The van der Waals surface area contributed by atoms with Crippen molar-refractivity contribution in [3.05, 3.63) is 53.1 Å². The van der Waals surface area contributed by atoms with Crippen LogP contribution in [-0.2, 0) is 0 Å². The van der Waals surface area contributed by atoms with Crippen molar-refractivity contribution in [1.82, 2.24) is 4.90 Å². The van der Waals surface area contributed by atoms with Crippen LogP contribution in [0.2, 0.25) is 0 Å². The van der Waals surface area contributed by atoms with Gasteiger partial charge in [-0.3, -0.25) is 4.79 Å². The van der Waals surface area contributed by atoms with E-state index in [0.717, 1.165) is 26.2 Å². The summed E-state index contributed by atoms with van der Waals surface area (Å²) in [6.07, 6.45) is 0. The lowest BCUT2D eigenvalue weighted by Crippen LogP contribution is -2.48. The van der Waals surface area contributed by atoms with Crippen LogP contribution in [0.5, 0.6) is 11.5 Å². The molecule has 1 amide bonds. The smallest absolute Gasteiger partial charge is 0.254 e. The van der Waals surface area contributed by atoms with Crippen LogP contribution in [0.3, 0.4) is 0 Å². The molecule has 0 spiro atoms. The highest BCUT2D eigenvalue weighted by molar-refractivity contribution is 5.95. The third-order valence-corrected chi connectivity index (χ3v) is 4.76. The average molecular weight is 338 g/mol. The molecule has 0 saturated carbocycles. The highest BCUT2D eigenvalue weighted by atomic mass is 16.7. The number of rotatable bonds is 2. The van der Waals surface area contributed by atoms with E-state index in [-0.39, 0.29) is 12.7 Å². The van der Waals surface area contributed by atoms with Crippen LogP contribution in [0.25, 0.3) is 0 Å². The van der Waals surface area contributed by atoms with Gasteiger partial charge < -0.3 is 19.3 Å². The molecule has 5 heteroatoms. The second-order valence-corrected chi connectivity index (χ2v) is 6.69. The molecule has 1 saturated heterocycles. The molecule has 1 fully saturated rings. The summed E-state index contributed by atoms with van der Waals surface area (Å²) in [5.74, 6) is 1.41. The normalized spacial score (nSPS) is 16.2. The minimum Gasteiger partial charge on any atom is -0.454 e.